The SMILES string of the molecule is CCCCCCCCCCNCC(C)C(=O)O. The van der Waals surface area contributed by atoms with Gasteiger partial charge in [-0.15, -0.1) is 0 Å². The maximum Gasteiger partial charge on any atom is 0.307 e. The van der Waals surface area contributed by atoms with Crippen LogP contribution in [0.5, 0.6) is 0 Å². The van der Waals surface area contributed by atoms with Gasteiger partial charge in [0.1, 0.15) is 0 Å². The molecular formula is C14H29NO2. The molecule has 0 aliphatic heterocycles. The Labute approximate surface area is 106 Å². The summed E-state index contributed by atoms with van der Waals surface area (Å²) in [5, 5.41) is 11.9. The molecule has 1 unspecified atom stereocenters. The molecule has 0 fully saturated rings. The molecule has 102 valence electrons. The summed E-state index contributed by atoms with van der Waals surface area (Å²) < 4.78 is 0. The second-order valence-electron chi connectivity index (χ2n) is 4.92. The van der Waals surface area contributed by atoms with Crippen molar-refractivity contribution in [3.63, 3.8) is 0 Å². The van der Waals surface area contributed by atoms with Gasteiger partial charge in [0.2, 0.25) is 0 Å². The molecule has 3 heteroatoms. The molecule has 0 aromatic heterocycles. The van der Waals surface area contributed by atoms with Crippen LogP contribution in [0.1, 0.15) is 65.2 Å². The van der Waals surface area contributed by atoms with Crippen molar-refractivity contribution in [3.8, 4) is 0 Å². The fraction of sp³-hybridized carbons (Fsp3) is 0.929. The molecule has 0 aromatic rings. The Bertz CT molecular complexity index is 183. The van der Waals surface area contributed by atoms with Crippen LogP contribution in [0, 0.1) is 5.92 Å². The predicted octanol–water partition coefficient (Wildman–Crippen LogP) is 3.44. The summed E-state index contributed by atoms with van der Waals surface area (Å²) in [6, 6.07) is 0. The molecule has 2 N–H and O–H groups in total. The number of rotatable bonds is 12. The number of carbonyl (C=O) groups is 1. The van der Waals surface area contributed by atoms with E-state index in [2.05, 4.69) is 12.2 Å². The lowest BCUT2D eigenvalue weighted by molar-refractivity contribution is -0.140. The van der Waals surface area contributed by atoms with Gasteiger partial charge < -0.3 is 10.4 Å². The van der Waals surface area contributed by atoms with Gasteiger partial charge in [0.25, 0.3) is 0 Å². The van der Waals surface area contributed by atoms with Crippen LogP contribution in [0.15, 0.2) is 0 Å². The molecule has 0 aliphatic carbocycles. The van der Waals surface area contributed by atoms with E-state index in [-0.39, 0.29) is 5.92 Å². The largest absolute Gasteiger partial charge is 0.481 e. The van der Waals surface area contributed by atoms with E-state index < -0.39 is 5.97 Å². The first-order valence-electron chi connectivity index (χ1n) is 7.12. The Kier molecular flexibility index (Phi) is 11.5. The molecule has 17 heavy (non-hydrogen) atoms. The highest BCUT2D eigenvalue weighted by Crippen LogP contribution is 2.07. The van der Waals surface area contributed by atoms with Crippen LogP contribution >= 0.6 is 0 Å². The third-order valence-electron chi connectivity index (χ3n) is 3.08. The van der Waals surface area contributed by atoms with Gasteiger partial charge in [-0.2, -0.15) is 0 Å². The zero-order valence-electron chi connectivity index (χ0n) is 11.5. The van der Waals surface area contributed by atoms with Crippen molar-refractivity contribution in [3.05, 3.63) is 0 Å². The number of aliphatic carboxylic acids is 1. The normalized spacial score (nSPS) is 12.6. The molecule has 0 saturated carbocycles. The number of nitrogens with one attached hydrogen (secondary N) is 1. The summed E-state index contributed by atoms with van der Waals surface area (Å²) in [6.45, 7) is 5.52. The number of hydrogen-bond acceptors (Lipinski definition) is 2. The summed E-state index contributed by atoms with van der Waals surface area (Å²) in [4.78, 5) is 10.6. The Morgan fingerprint density at radius 3 is 2.12 bits per heavy atom. The lowest BCUT2D eigenvalue weighted by Crippen LogP contribution is -2.26. The van der Waals surface area contributed by atoms with Crippen LogP contribution in [-0.4, -0.2) is 24.2 Å². The van der Waals surface area contributed by atoms with E-state index in [1.807, 2.05) is 0 Å². The summed E-state index contributed by atoms with van der Waals surface area (Å²) in [5.74, 6) is -0.988. The maximum absolute atomic E-state index is 10.6. The molecule has 0 amide bonds. The fourth-order valence-corrected chi connectivity index (χ4v) is 1.79. The average molecular weight is 243 g/mol. The van der Waals surface area contributed by atoms with Gasteiger partial charge in [-0.05, 0) is 13.0 Å². The predicted molar refractivity (Wildman–Crippen MR) is 72.3 cm³/mol. The van der Waals surface area contributed by atoms with Crippen molar-refractivity contribution in [2.24, 2.45) is 5.92 Å². The summed E-state index contributed by atoms with van der Waals surface area (Å²) in [5.41, 5.74) is 0. The van der Waals surface area contributed by atoms with Gasteiger partial charge in [-0.3, -0.25) is 4.79 Å². The van der Waals surface area contributed by atoms with E-state index in [1.165, 1.54) is 51.4 Å². The number of carboxylic acids is 1. The van der Waals surface area contributed by atoms with E-state index in [4.69, 9.17) is 5.11 Å². The Morgan fingerprint density at radius 1 is 1.06 bits per heavy atom. The second-order valence-corrected chi connectivity index (χ2v) is 4.92. The first-order valence-corrected chi connectivity index (χ1v) is 7.12. The highest BCUT2D eigenvalue weighted by Gasteiger charge is 2.08. The van der Waals surface area contributed by atoms with Gasteiger partial charge in [-0.1, -0.05) is 58.8 Å². The lowest BCUT2D eigenvalue weighted by Gasteiger charge is -2.07. The molecule has 0 radical (unpaired) electrons. The van der Waals surface area contributed by atoms with Crippen molar-refractivity contribution >= 4 is 5.97 Å². The minimum atomic E-state index is -0.714. The van der Waals surface area contributed by atoms with Gasteiger partial charge in [-0.25, -0.2) is 0 Å². The zero-order valence-corrected chi connectivity index (χ0v) is 11.5. The second kappa shape index (κ2) is 11.9. The van der Waals surface area contributed by atoms with E-state index in [1.54, 1.807) is 6.92 Å². The van der Waals surface area contributed by atoms with Crippen LogP contribution in [0.4, 0.5) is 0 Å². The highest BCUT2D eigenvalue weighted by molar-refractivity contribution is 5.69. The van der Waals surface area contributed by atoms with E-state index >= 15 is 0 Å². The molecule has 0 aromatic carbocycles. The number of unbranched alkanes of at least 4 members (excludes halogenated alkanes) is 7. The molecule has 0 aliphatic rings. The van der Waals surface area contributed by atoms with E-state index in [0.29, 0.717) is 6.54 Å². The van der Waals surface area contributed by atoms with Crippen LogP contribution < -0.4 is 5.32 Å². The molecule has 0 saturated heterocycles. The average Bonchev–Trinajstić information content (AvgIpc) is 2.31. The van der Waals surface area contributed by atoms with E-state index in [9.17, 15) is 4.79 Å². The molecule has 3 nitrogen and oxygen atoms in total. The zero-order chi connectivity index (χ0) is 12.9. The monoisotopic (exact) mass is 243 g/mol. The topological polar surface area (TPSA) is 49.3 Å². The molecule has 1 atom stereocenters. The minimum Gasteiger partial charge on any atom is -0.481 e. The van der Waals surface area contributed by atoms with Crippen molar-refractivity contribution in [1.29, 1.82) is 0 Å². The molecule has 0 bridgehead atoms. The summed E-state index contributed by atoms with van der Waals surface area (Å²) >= 11 is 0. The molecular weight excluding hydrogens is 214 g/mol. The highest BCUT2D eigenvalue weighted by atomic mass is 16.4. The first kappa shape index (κ1) is 16.4. The first-order chi connectivity index (χ1) is 8.18. The fourth-order valence-electron chi connectivity index (χ4n) is 1.79. The van der Waals surface area contributed by atoms with Gasteiger partial charge in [0.15, 0.2) is 0 Å². The molecule has 0 spiro atoms. The van der Waals surface area contributed by atoms with Crippen LogP contribution in [-0.2, 0) is 4.79 Å². The van der Waals surface area contributed by atoms with Gasteiger partial charge in [0.05, 0.1) is 5.92 Å². The third-order valence-corrected chi connectivity index (χ3v) is 3.08. The van der Waals surface area contributed by atoms with Crippen molar-refractivity contribution in [2.75, 3.05) is 13.1 Å². The Morgan fingerprint density at radius 2 is 1.59 bits per heavy atom. The molecule has 0 heterocycles. The number of carboxylic acid groups (broad SMARTS) is 1. The van der Waals surface area contributed by atoms with Gasteiger partial charge >= 0.3 is 5.97 Å². The van der Waals surface area contributed by atoms with Gasteiger partial charge in [0, 0.05) is 6.54 Å². The Balaban J connectivity index is 3.06. The Hall–Kier alpha value is -0.570. The smallest absolute Gasteiger partial charge is 0.307 e. The number of hydrogen-bond donors (Lipinski definition) is 2. The molecule has 0 rings (SSSR count). The quantitative estimate of drug-likeness (QED) is 0.516. The van der Waals surface area contributed by atoms with Crippen LogP contribution in [0.3, 0.4) is 0 Å². The summed E-state index contributed by atoms with van der Waals surface area (Å²) in [6.07, 6.45) is 10.5. The van der Waals surface area contributed by atoms with Crippen molar-refractivity contribution in [2.45, 2.75) is 65.2 Å². The van der Waals surface area contributed by atoms with Crippen molar-refractivity contribution in [1.82, 2.24) is 5.32 Å². The minimum absolute atomic E-state index is 0.274. The van der Waals surface area contributed by atoms with Crippen molar-refractivity contribution < 1.29 is 9.90 Å². The maximum atomic E-state index is 10.6. The van der Waals surface area contributed by atoms with Crippen LogP contribution in [0.25, 0.3) is 0 Å². The lowest BCUT2D eigenvalue weighted by atomic mass is 10.1. The van der Waals surface area contributed by atoms with Crippen LogP contribution in [0.2, 0.25) is 0 Å². The standard InChI is InChI=1S/C14H29NO2/c1-3-4-5-6-7-8-9-10-11-15-12-13(2)14(16)17/h13,15H,3-12H2,1-2H3,(H,16,17). The van der Waals surface area contributed by atoms with E-state index in [0.717, 1.165) is 6.54 Å². The third kappa shape index (κ3) is 11.7. The summed E-state index contributed by atoms with van der Waals surface area (Å²) in [7, 11) is 0.